The van der Waals surface area contributed by atoms with Gasteiger partial charge < -0.3 is 23.7 Å². The summed E-state index contributed by atoms with van der Waals surface area (Å²) in [6.45, 7) is 1.97. The molecule has 4 rings (SSSR count). The highest BCUT2D eigenvalue weighted by Gasteiger charge is 2.30. The maximum Gasteiger partial charge on any atom is 0.352 e. The van der Waals surface area contributed by atoms with Crippen LogP contribution in [0.3, 0.4) is 0 Å². The average molecular weight is 460 g/mol. The lowest BCUT2D eigenvalue weighted by molar-refractivity contribution is -0.151. The highest BCUT2D eigenvalue weighted by molar-refractivity contribution is 6.14. The molecule has 3 aromatic carbocycles. The van der Waals surface area contributed by atoms with Gasteiger partial charge in [0, 0.05) is 23.3 Å². The van der Waals surface area contributed by atoms with Gasteiger partial charge in [-0.25, -0.2) is 4.79 Å². The number of carbonyl (C=O) groups is 2. The van der Waals surface area contributed by atoms with Crippen molar-refractivity contribution in [1.82, 2.24) is 0 Å². The standard InChI is InChI=1S/C27H24O7/c1-4-32-27(29)26(17-8-6-5-7-9-17)33-20-12-13-21-23(16-20)34-24(25(21)28)14-18-10-11-19(30-2)15-22(18)31-3/h5-16,26H,4H2,1-3H3/t26-/m0/s1. The molecule has 1 aliphatic rings. The highest BCUT2D eigenvalue weighted by Crippen LogP contribution is 2.37. The van der Waals surface area contributed by atoms with E-state index in [1.165, 1.54) is 0 Å². The molecule has 0 bridgehead atoms. The Morgan fingerprint density at radius 2 is 1.74 bits per heavy atom. The summed E-state index contributed by atoms with van der Waals surface area (Å²) < 4.78 is 27.6. The van der Waals surface area contributed by atoms with Crippen LogP contribution < -0.4 is 18.9 Å². The molecule has 0 saturated heterocycles. The Bertz CT molecular complexity index is 1230. The van der Waals surface area contributed by atoms with Crippen molar-refractivity contribution in [2.45, 2.75) is 13.0 Å². The smallest absolute Gasteiger partial charge is 0.352 e. The largest absolute Gasteiger partial charge is 0.497 e. The molecular weight excluding hydrogens is 436 g/mol. The monoisotopic (exact) mass is 460 g/mol. The molecule has 7 nitrogen and oxygen atoms in total. The predicted octanol–water partition coefficient (Wildman–Crippen LogP) is 5.00. The number of benzene rings is 3. The molecule has 0 aromatic heterocycles. The molecule has 0 radical (unpaired) electrons. The zero-order valence-corrected chi connectivity index (χ0v) is 19.1. The minimum Gasteiger partial charge on any atom is -0.497 e. The van der Waals surface area contributed by atoms with Gasteiger partial charge >= 0.3 is 5.97 Å². The Hall–Kier alpha value is -4.26. The van der Waals surface area contributed by atoms with Crippen LogP contribution in [0.15, 0.2) is 72.5 Å². The SMILES string of the molecule is CCOC(=O)[C@@H](Oc1ccc2c(c1)OC(=Cc1ccc(OC)cc1OC)C2=O)c1ccccc1. The van der Waals surface area contributed by atoms with Crippen LogP contribution in [-0.4, -0.2) is 32.6 Å². The van der Waals surface area contributed by atoms with Crippen LogP contribution in [0, 0.1) is 0 Å². The Labute approximate surface area is 197 Å². The molecule has 0 spiro atoms. The van der Waals surface area contributed by atoms with E-state index in [1.807, 2.05) is 18.2 Å². The van der Waals surface area contributed by atoms with Crippen molar-refractivity contribution in [3.63, 3.8) is 0 Å². The van der Waals surface area contributed by atoms with Crippen LogP contribution in [0.4, 0.5) is 0 Å². The number of fused-ring (bicyclic) bond motifs is 1. The summed E-state index contributed by atoms with van der Waals surface area (Å²) in [7, 11) is 3.11. The summed E-state index contributed by atoms with van der Waals surface area (Å²) in [5.74, 6) is 1.29. The summed E-state index contributed by atoms with van der Waals surface area (Å²) in [5.41, 5.74) is 1.73. The van der Waals surface area contributed by atoms with Gasteiger partial charge in [0.05, 0.1) is 26.4 Å². The van der Waals surface area contributed by atoms with E-state index in [-0.39, 0.29) is 18.1 Å². The maximum atomic E-state index is 12.9. The second-order valence-electron chi connectivity index (χ2n) is 7.37. The van der Waals surface area contributed by atoms with Crippen molar-refractivity contribution >= 4 is 17.8 Å². The molecule has 0 saturated carbocycles. The van der Waals surface area contributed by atoms with Gasteiger partial charge in [-0.05, 0) is 37.3 Å². The molecule has 7 heteroatoms. The number of allylic oxidation sites excluding steroid dienone is 1. The zero-order chi connectivity index (χ0) is 24.1. The van der Waals surface area contributed by atoms with E-state index >= 15 is 0 Å². The predicted molar refractivity (Wildman–Crippen MR) is 125 cm³/mol. The molecule has 0 N–H and O–H groups in total. The molecule has 0 fully saturated rings. The second kappa shape index (κ2) is 10.1. The number of Topliss-reactive ketones (excluding diaryl/α,β-unsaturated/α-hetero) is 1. The van der Waals surface area contributed by atoms with Gasteiger partial charge in [-0.3, -0.25) is 4.79 Å². The van der Waals surface area contributed by atoms with Crippen LogP contribution in [-0.2, 0) is 9.53 Å². The van der Waals surface area contributed by atoms with E-state index < -0.39 is 12.1 Å². The van der Waals surface area contributed by atoms with Crippen molar-refractivity contribution in [1.29, 1.82) is 0 Å². The van der Waals surface area contributed by atoms with Crippen molar-refractivity contribution in [3.8, 4) is 23.0 Å². The minimum absolute atomic E-state index is 0.153. The van der Waals surface area contributed by atoms with Crippen molar-refractivity contribution in [2.75, 3.05) is 20.8 Å². The highest BCUT2D eigenvalue weighted by atomic mass is 16.6. The fourth-order valence-corrected chi connectivity index (χ4v) is 3.55. The zero-order valence-electron chi connectivity index (χ0n) is 19.1. The van der Waals surface area contributed by atoms with Gasteiger partial charge in [0.2, 0.25) is 11.9 Å². The molecular formula is C27H24O7. The average Bonchev–Trinajstić information content (AvgIpc) is 3.17. The number of methoxy groups -OCH3 is 2. The third-order valence-corrected chi connectivity index (χ3v) is 5.23. The summed E-state index contributed by atoms with van der Waals surface area (Å²) in [6, 6.07) is 19.2. The van der Waals surface area contributed by atoms with Crippen LogP contribution in [0.5, 0.6) is 23.0 Å². The normalized spacial score (nSPS) is 14.2. The van der Waals surface area contributed by atoms with Crippen molar-refractivity contribution in [2.24, 2.45) is 0 Å². The number of rotatable bonds is 8. The van der Waals surface area contributed by atoms with Crippen LogP contribution >= 0.6 is 0 Å². The topological polar surface area (TPSA) is 80.3 Å². The number of esters is 1. The molecule has 34 heavy (non-hydrogen) atoms. The molecule has 1 aliphatic heterocycles. The fraction of sp³-hybridized carbons (Fsp3) is 0.185. The first kappa shape index (κ1) is 22.9. The van der Waals surface area contributed by atoms with Crippen LogP contribution in [0.2, 0.25) is 0 Å². The second-order valence-corrected chi connectivity index (χ2v) is 7.37. The quantitative estimate of drug-likeness (QED) is 0.346. The summed E-state index contributed by atoms with van der Waals surface area (Å²) in [4.78, 5) is 25.4. The van der Waals surface area contributed by atoms with Gasteiger partial charge in [0.25, 0.3) is 0 Å². The van der Waals surface area contributed by atoms with Crippen LogP contribution in [0.1, 0.15) is 34.5 Å². The molecule has 0 aliphatic carbocycles. The molecule has 0 amide bonds. The number of hydrogen-bond acceptors (Lipinski definition) is 7. The lowest BCUT2D eigenvalue weighted by atomic mass is 10.1. The Morgan fingerprint density at radius 1 is 0.971 bits per heavy atom. The molecule has 1 atom stereocenters. The molecule has 3 aromatic rings. The Balaban J connectivity index is 1.60. The van der Waals surface area contributed by atoms with Gasteiger partial charge in [-0.2, -0.15) is 0 Å². The lowest BCUT2D eigenvalue weighted by Gasteiger charge is -2.18. The fourth-order valence-electron chi connectivity index (χ4n) is 3.55. The van der Waals surface area contributed by atoms with Gasteiger partial charge in [0.1, 0.15) is 23.0 Å². The first-order valence-corrected chi connectivity index (χ1v) is 10.7. The van der Waals surface area contributed by atoms with Crippen molar-refractivity contribution < 1.29 is 33.3 Å². The summed E-state index contributed by atoms with van der Waals surface area (Å²) in [6.07, 6.45) is 0.668. The minimum atomic E-state index is -0.949. The first-order valence-electron chi connectivity index (χ1n) is 10.7. The Morgan fingerprint density at radius 3 is 2.44 bits per heavy atom. The molecule has 174 valence electrons. The number of carbonyl (C=O) groups excluding carboxylic acids is 2. The van der Waals surface area contributed by atoms with Gasteiger partial charge in [-0.1, -0.05) is 30.3 Å². The third-order valence-electron chi connectivity index (χ3n) is 5.23. The van der Waals surface area contributed by atoms with Gasteiger partial charge in [0.15, 0.2) is 5.76 Å². The van der Waals surface area contributed by atoms with E-state index in [1.54, 1.807) is 75.8 Å². The van der Waals surface area contributed by atoms with Crippen molar-refractivity contribution in [3.05, 3.63) is 89.2 Å². The number of ether oxygens (including phenoxy) is 5. The van der Waals surface area contributed by atoms with E-state index in [9.17, 15) is 9.59 Å². The number of ketones is 1. The third kappa shape index (κ3) is 4.73. The van der Waals surface area contributed by atoms with E-state index in [0.29, 0.717) is 39.7 Å². The van der Waals surface area contributed by atoms with E-state index in [2.05, 4.69) is 0 Å². The molecule has 1 heterocycles. The van der Waals surface area contributed by atoms with Crippen LogP contribution in [0.25, 0.3) is 6.08 Å². The molecule has 0 unspecified atom stereocenters. The summed E-state index contributed by atoms with van der Waals surface area (Å²) in [5, 5.41) is 0. The van der Waals surface area contributed by atoms with E-state index in [0.717, 1.165) is 0 Å². The Kier molecular flexibility index (Phi) is 6.82. The first-order chi connectivity index (χ1) is 16.5. The lowest BCUT2D eigenvalue weighted by Crippen LogP contribution is -2.21. The van der Waals surface area contributed by atoms with E-state index in [4.69, 9.17) is 23.7 Å². The van der Waals surface area contributed by atoms with Gasteiger partial charge in [-0.15, -0.1) is 0 Å². The maximum absolute atomic E-state index is 12.9. The summed E-state index contributed by atoms with van der Waals surface area (Å²) >= 11 is 0. The number of hydrogen-bond donors (Lipinski definition) is 0.